The van der Waals surface area contributed by atoms with E-state index in [1.165, 1.54) is 17.0 Å². The van der Waals surface area contributed by atoms with Gasteiger partial charge in [0.2, 0.25) is 23.5 Å². The molecule has 0 bridgehead atoms. The van der Waals surface area contributed by atoms with Gasteiger partial charge in [-0.15, -0.1) is 0 Å². The van der Waals surface area contributed by atoms with Crippen molar-refractivity contribution in [3.05, 3.63) is 84.2 Å². The molecule has 0 saturated heterocycles. The van der Waals surface area contributed by atoms with Gasteiger partial charge in [0.05, 0.1) is 24.6 Å². The molecule has 11 nitrogen and oxygen atoms in total. The van der Waals surface area contributed by atoms with Gasteiger partial charge in [-0.1, -0.05) is 50.2 Å². The van der Waals surface area contributed by atoms with Crippen molar-refractivity contribution < 1.29 is 37.8 Å². The zero-order valence-electron chi connectivity index (χ0n) is 27.0. The van der Waals surface area contributed by atoms with Crippen LogP contribution in [-0.4, -0.2) is 73.5 Å². The molecule has 0 aromatic heterocycles. The fraction of sp³-hybridized carbons (Fsp3) is 0.371. The van der Waals surface area contributed by atoms with Gasteiger partial charge in [0.1, 0.15) is 36.8 Å². The minimum atomic E-state index is -1.31. The highest BCUT2D eigenvalue weighted by atomic mass is 19.1. The summed E-state index contributed by atoms with van der Waals surface area (Å²) in [5.41, 5.74) is 0.169. The smallest absolute Gasteiger partial charge is 0.255 e. The third kappa shape index (κ3) is 9.93. The Labute approximate surface area is 273 Å². The molecule has 250 valence electrons. The SMILES string of the molecule is CC(C)C[C@@H]1NC(=O)C[C@@H](C(=O)N[C@H](C)COc2cccc(F)c2Oc2ccccc2)NC(=O)c2ccccc2OCCN(C)C1=O. The second kappa shape index (κ2) is 16.4. The summed E-state index contributed by atoms with van der Waals surface area (Å²) in [5, 5.41) is 8.18. The number of halogens is 1. The van der Waals surface area contributed by atoms with Crippen LogP contribution in [-0.2, 0) is 14.4 Å². The van der Waals surface area contributed by atoms with E-state index in [1.807, 2.05) is 19.9 Å². The van der Waals surface area contributed by atoms with Crippen molar-refractivity contribution in [2.24, 2.45) is 5.92 Å². The molecule has 0 unspecified atom stereocenters. The van der Waals surface area contributed by atoms with Crippen molar-refractivity contribution in [2.45, 2.75) is 51.7 Å². The molecule has 0 saturated carbocycles. The van der Waals surface area contributed by atoms with Crippen LogP contribution in [0.3, 0.4) is 0 Å². The molecule has 0 radical (unpaired) electrons. The topological polar surface area (TPSA) is 135 Å². The first-order valence-corrected chi connectivity index (χ1v) is 15.5. The van der Waals surface area contributed by atoms with E-state index in [1.54, 1.807) is 68.6 Å². The quantitative estimate of drug-likeness (QED) is 0.318. The lowest BCUT2D eigenvalue weighted by Gasteiger charge is -2.27. The number of nitrogens with one attached hydrogen (secondary N) is 3. The second-order valence-corrected chi connectivity index (χ2v) is 11.8. The number of amides is 4. The molecule has 3 N–H and O–H groups in total. The molecule has 3 atom stereocenters. The van der Waals surface area contributed by atoms with E-state index in [9.17, 15) is 23.6 Å². The predicted octanol–water partition coefficient (Wildman–Crippen LogP) is 4.07. The average Bonchev–Trinajstić information content (AvgIpc) is 3.04. The first-order chi connectivity index (χ1) is 22.5. The van der Waals surface area contributed by atoms with Crippen molar-refractivity contribution in [3.63, 3.8) is 0 Å². The third-order valence-electron chi connectivity index (χ3n) is 7.32. The van der Waals surface area contributed by atoms with Gasteiger partial charge >= 0.3 is 0 Å². The number of carbonyl (C=O) groups excluding carboxylic acids is 4. The normalized spacial score (nSPS) is 18.2. The first kappa shape index (κ1) is 34.7. The number of fused-ring (bicyclic) bond motifs is 1. The molecule has 1 heterocycles. The van der Waals surface area contributed by atoms with Crippen LogP contribution in [0.1, 0.15) is 44.0 Å². The molecule has 1 aliphatic heterocycles. The molecule has 1 aliphatic rings. The maximum Gasteiger partial charge on any atom is 0.255 e. The molecule has 0 spiro atoms. The lowest BCUT2D eigenvalue weighted by atomic mass is 10.0. The summed E-state index contributed by atoms with van der Waals surface area (Å²) in [6.07, 6.45) is -0.0506. The van der Waals surface area contributed by atoms with Crippen LogP contribution in [0.5, 0.6) is 23.0 Å². The summed E-state index contributed by atoms with van der Waals surface area (Å²) in [5.74, 6) is -1.95. The summed E-state index contributed by atoms with van der Waals surface area (Å²) in [4.78, 5) is 54.9. The van der Waals surface area contributed by atoms with Crippen LogP contribution >= 0.6 is 0 Å². The van der Waals surface area contributed by atoms with E-state index in [4.69, 9.17) is 14.2 Å². The molecule has 0 aliphatic carbocycles. The van der Waals surface area contributed by atoms with Gasteiger partial charge in [-0.25, -0.2) is 4.39 Å². The molecule has 12 heteroatoms. The van der Waals surface area contributed by atoms with Crippen LogP contribution in [0.4, 0.5) is 4.39 Å². The Hall–Kier alpha value is -5.13. The lowest BCUT2D eigenvalue weighted by Crippen LogP contribution is -2.54. The summed E-state index contributed by atoms with van der Waals surface area (Å²) in [6, 6.07) is 16.7. The van der Waals surface area contributed by atoms with Crippen molar-refractivity contribution in [1.29, 1.82) is 0 Å². The molecular weight excluding hydrogens is 607 g/mol. The number of carbonyl (C=O) groups is 4. The highest BCUT2D eigenvalue weighted by molar-refractivity contribution is 6.01. The molecule has 0 fully saturated rings. The Kier molecular flexibility index (Phi) is 12.1. The van der Waals surface area contributed by atoms with Gasteiger partial charge in [-0.05, 0) is 55.7 Å². The summed E-state index contributed by atoms with van der Waals surface area (Å²) in [7, 11) is 1.62. The van der Waals surface area contributed by atoms with Gasteiger partial charge < -0.3 is 35.1 Å². The number of benzene rings is 3. The van der Waals surface area contributed by atoms with Gasteiger partial charge in [0.15, 0.2) is 11.6 Å². The summed E-state index contributed by atoms with van der Waals surface area (Å²) < 4.78 is 32.1. The molecule has 3 aromatic carbocycles. The van der Waals surface area contributed by atoms with Gasteiger partial charge in [0.25, 0.3) is 5.91 Å². The minimum Gasteiger partial charge on any atom is -0.491 e. The predicted molar refractivity (Wildman–Crippen MR) is 173 cm³/mol. The van der Waals surface area contributed by atoms with Crippen LogP contribution in [0.2, 0.25) is 0 Å². The van der Waals surface area contributed by atoms with Gasteiger partial charge in [0, 0.05) is 7.05 Å². The first-order valence-electron chi connectivity index (χ1n) is 15.5. The lowest BCUT2D eigenvalue weighted by molar-refractivity contribution is -0.136. The molecule has 4 rings (SSSR count). The van der Waals surface area contributed by atoms with Crippen molar-refractivity contribution in [2.75, 3.05) is 26.8 Å². The highest BCUT2D eigenvalue weighted by Gasteiger charge is 2.31. The number of nitrogens with zero attached hydrogens (tertiary/aromatic N) is 1. The maximum atomic E-state index is 14.7. The zero-order chi connectivity index (χ0) is 33.9. The van der Waals surface area contributed by atoms with E-state index < -0.39 is 48.1 Å². The Morgan fingerprint density at radius 1 is 1.00 bits per heavy atom. The molecule has 47 heavy (non-hydrogen) atoms. The average molecular weight is 649 g/mol. The fourth-order valence-corrected chi connectivity index (χ4v) is 4.93. The number of hydrogen-bond donors (Lipinski definition) is 3. The zero-order valence-corrected chi connectivity index (χ0v) is 27.0. The highest BCUT2D eigenvalue weighted by Crippen LogP contribution is 2.34. The molecular formula is C35H41FN4O7. The standard InChI is InChI=1S/C35H41FN4O7/c1-22(2)19-28-35(44)40(4)17-18-45-29-15-9-8-13-25(29)33(42)39-27(20-31(41)38-28)34(43)37-23(3)21-46-30-16-10-14-26(36)32(30)47-24-11-6-5-7-12-24/h5-16,22-23,27-28H,17-21H2,1-4H3,(H,37,43)(H,38,41)(H,39,42)/t23-,27+,28+/m1/s1. The Morgan fingerprint density at radius 2 is 1.72 bits per heavy atom. The van der Waals surface area contributed by atoms with Crippen LogP contribution < -0.4 is 30.2 Å². The van der Waals surface area contributed by atoms with Crippen molar-refractivity contribution in [3.8, 4) is 23.0 Å². The van der Waals surface area contributed by atoms with Crippen molar-refractivity contribution >= 4 is 23.6 Å². The van der Waals surface area contributed by atoms with Crippen LogP contribution in [0, 0.1) is 11.7 Å². The van der Waals surface area contributed by atoms with E-state index in [2.05, 4.69) is 16.0 Å². The molecule has 4 amide bonds. The minimum absolute atomic E-state index is 0.0822. The van der Waals surface area contributed by atoms with E-state index in [-0.39, 0.29) is 54.4 Å². The number of rotatable bonds is 9. The Bertz CT molecular complexity index is 1550. The van der Waals surface area contributed by atoms with Crippen molar-refractivity contribution in [1.82, 2.24) is 20.9 Å². The number of hydrogen-bond acceptors (Lipinski definition) is 7. The van der Waals surface area contributed by atoms with Crippen LogP contribution in [0.15, 0.2) is 72.8 Å². The monoisotopic (exact) mass is 648 g/mol. The van der Waals surface area contributed by atoms with Crippen LogP contribution in [0.25, 0.3) is 0 Å². The Morgan fingerprint density at radius 3 is 2.47 bits per heavy atom. The largest absolute Gasteiger partial charge is 0.491 e. The maximum absolute atomic E-state index is 14.7. The summed E-state index contributed by atoms with van der Waals surface area (Å²) in [6.45, 7) is 5.80. The second-order valence-electron chi connectivity index (χ2n) is 11.8. The fourth-order valence-electron chi connectivity index (χ4n) is 4.93. The van der Waals surface area contributed by atoms with E-state index in [0.717, 1.165) is 0 Å². The number of likely N-dealkylation sites (N-methyl/N-ethyl adjacent to an activating group) is 1. The Balaban J connectivity index is 1.50. The van der Waals surface area contributed by atoms with Gasteiger partial charge in [-0.2, -0.15) is 0 Å². The van der Waals surface area contributed by atoms with E-state index >= 15 is 0 Å². The van der Waals surface area contributed by atoms with Gasteiger partial charge in [-0.3, -0.25) is 19.2 Å². The summed E-state index contributed by atoms with van der Waals surface area (Å²) >= 11 is 0. The third-order valence-corrected chi connectivity index (χ3v) is 7.32. The number of para-hydroxylation sites is 3. The molecule has 3 aromatic rings. The van der Waals surface area contributed by atoms with E-state index in [0.29, 0.717) is 12.2 Å². The number of ether oxygens (including phenoxy) is 3.